The fourth-order valence-corrected chi connectivity index (χ4v) is 4.20. The van der Waals surface area contributed by atoms with Gasteiger partial charge in [-0.05, 0) is 68.0 Å². The van der Waals surface area contributed by atoms with Gasteiger partial charge in [0.05, 0.1) is 6.42 Å². The van der Waals surface area contributed by atoms with E-state index in [2.05, 4.69) is 12.2 Å². The molecule has 27 heavy (non-hydrogen) atoms. The van der Waals surface area contributed by atoms with E-state index in [-0.39, 0.29) is 29.7 Å². The number of benzene rings is 2. The molecule has 140 valence electrons. The Morgan fingerprint density at radius 3 is 2.74 bits per heavy atom. The third-order valence-electron chi connectivity index (χ3n) is 5.68. The second-order valence-corrected chi connectivity index (χ2v) is 7.55. The molecule has 4 nitrogen and oxygen atoms in total. The Labute approximate surface area is 158 Å². The molecule has 1 N–H and O–H groups in total. The van der Waals surface area contributed by atoms with E-state index in [4.69, 9.17) is 0 Å². The van der Waals surface area contributed by atoms with E-state index in [1.165, 1.54) is 12.1 Å². The number of nitrogens with one attached hydrogen (secondary N) is 1. The van der Waals surface area contributed by atoms with Crippen molar-refractivity contribution >= 4 is 17.5 Å². The Morgan fingerprint density at radius 2 is 1.96 bits per heavy atom. The minimum absolute atomic E-state index is 0.0213. The number of anilines is 1. The van der Waals surface area contributed by atoms with Gasteiger partial charge in [0.15, 0.2) is 0 Å². The van der Waals surface area contributed by atoms with Crippen LogP contribution in [0.2, 0.25) is 0 Å². The first-order chi connectivity index (χ1) is 13.0. The van der Waals surface area contributed by atoms with Gasteiger partial charge in [-0.15, -0.1) is 0 Å². The molecule has 1 saturated heterocycles. The highest BCUT2D eigenvalue weighted by molar-refractivity contribution is 6.02. The molecule has 0 radical (unpaired) electrons. The lowest BCUT2D eigenvalue weighted by atomic mass is 10.0. The summed E-state index contributed by atoms with van der Waals surface area (Å²) >= 11 is 0. The molecule has 0 bridgehead atoms. The first kappa shape index (κ1) is 17.7. The van der Waals surface area contributed by atoms with E-state index < -0.39 is 0 Å². The second-order valence-electron chi connectivity index (χ2n) is 7.55. The Bertz CT molecular complexity index is 878. The van der Waals surface area contributed by atoms with E-state index in [1.807, 2.05) is 29.2 Å². The zero-order valence-electron chi connectivity index (χ0n) is 15.4. The van der Waals surface area contributed by atoms with Crippen molar-refractivity contribution < 1.29 is 14.0 Å². The maximum atomic E-state index is 13.2. The highest BCUT2D eigenvalue weighted by atomic mass is 19.1. The molecule has 0 aromatic heterocycles. The normalized spacial score (nSPS) is 21.3. The van der Waals surface area contributed by atoms with Crippen LogP contribution in [-0.2, 0) is 17.6 Å². The quantitative estimate of drug-likeness (QED) is 0.891. The van der Waals surface area contributed by atoms with Gasteiger partial charge in [-0.3, -0.25) is 9.59 Å². The molecular formula is C22H23FN2O2. The highest BCUT2D eigenvalue weighted by Crippen LogP contribution is 2.31. The molecule has 2 aliphatic heterocycles. The van der Waals surface area contributed by atoms with Crippen molar-refractivity contribution in [2.45, 2.75) is 51.1 Å². The third kappa shape index (κ3) is 3.59. The number of hydrogen-bond acceptors (Lipinski definition) is 2. The first-order valence-electron chi connectivity index (χ1n) is 9.51. The van der Waals surface area contributed by atoms with Crippen LogP contribution in [-0.4, -0.2) is 28.8 Å². The zero-order valence-corrected chi connectivity index (χ0v) is 15.4. The monoisotopic (exact) mass is 366 g/mol. The minimum atomic E-state index is -0.228. The number of halogens is 1. The van der Waals surface area contributed by atoms with Crippen LogP contribution in [0, 0.1) is 5.82 Å². The number of carbonyl (C=O) groups is 2. The summed E-state index contributed by atoms with van der Waals surface area (Å²) in [6, 6.07) is 12.4. The zero-order chi connectivity index (χ0) is 19.0. The largest absolute Gasteiger partial charge is 0.333 e. The van der Waals surface area contributed by atoms with Crippen LogP contribution in [0.5, 0.6) is 0 Å². The lowest BCUT2D eigenvalue weighted by Crippen LogP contribution is -2.40. The number of rotatable bonds is 4. The van der Waals surface area contributed by atoms with Gasteiger partial charge in [0.25, 0.3) is 5.91 Å². The number of amides is 2. The Kier molecular flexibility index (Phi) is 4.68. The van der Waals surface area contributed by atoms with Gasteiger partial charge in [0, 0.05) is 23.3 Å². The average molecular weight is 366 g/mol. The first-order valence-corrected chi connectivity index (χ1v) is 9.51. The summed E-state index contributed by atoms with van der Waals surface area (Å²) in [4.78, 5) is 26.7. The fourth-order valence-electron chi connectivity index (χ4n) is 4.20. The highest BCUT2D eigenvalue weighted by Gasteiger charge is 2.34. The molecule has 0 saturated carbocycles. The summed E-state index contributed by atoms with van der Waals surface area (Å²) in [6.07, 6.45) is 4.03. The lowest BCUT2D eigenvalue weighted by molar-refractivity contribution is -0.115. The molecule has 2 aromatic rings. The van der Waals surface area contributed by atoms with Crippen molar-refractivity contribution in [1.82, 2.24) is 4.90 Å². The van der Waals surface area contributed by atoms with Gasteiger partial charge in [0.1, 0.15) is 5.82 Å². The predicted octanol–water partition coefficient (Wildman–Crippen LogP) is 3.95. The molecule has 0 aliphatic carbocycles. The van der Waals surface area contributed by atoms with Crippen molar-refractivity contribution in [2.75, 3.05) is 5.32 Å². The average Bonchev–Trinajstić information content (AvgIpc) is 3.21. The van der Waals surface area contributed by atoms with Crippen LogP contribution in [0.4, 0.5) is 10.1 Å². The number of nitrogens with zero attached hydrogens (tertiary/aromatic N) is 1. The Morgan fingerprint density at radius 1 is 1.19 bits per heavy atom. The molecule has 2 atom stereocenters. The summed E-state index contributed by atoms with van der Waals surface area (Å²) in [5.74, 6) is -0.233. The summed E-state index contributed by atoms with van der Waals surface area (Å²) in [5.41, 5.74) is 3.40. The van der Waals surface area contributed by atoms with Crippen molar-refractivity contribution in [3.63, 3.8) is 0 Å². The summed E-state index contributed by atoms with van der Waals surface area (Å²) in [6.45, 7) is 2.09. The fraction of sp³-hybridized carbons (Fsp3) is 0.364. The molecule has 2 aliphatic rings. The van der Waals surface area contributed by atoms with Crippen LogP contribution in [0.15, 0.2) is 42.5 Å². The van der Waals surface area contributed by atoms with Gasteiger partial charge in [-0.2, -0.15) is 0 Å². The topological polar surface area (TPSA) is 49.4 Å². The van der Waals surface area contributed by atoms with Crippen molar-refractivity contribution in [3.8, 4) is 0 Å². The molecule has 5 heteroatoms. The third-order valence-corrected chi connectivity index (χ3v) is 5.68. The van der Waals surface area contributed by atoms with E-state index >= 15 is 0 Å². The molecule has 1 fully saturated rings. The molecule has 0 unspecified atom stereocenters. The Hall–Kier alpha value is -2.69. The number of hydrogen-bond donors (Lipinski definition) is 1. The second kappa shape index (κ2) is 7.14. The summed E-state index contributed by atoms with van der Waals surface area (Å²) in [7, 11) is 0. The molecular weight excluding hydrogens is 343 g/mol. The molecule has 2 aromatic carbocycles. The molecule has 2 heterocycles. The van der Waals surface area contributed by atoms with Crippen LogP contribution < -0.4 is 5.32 Å². The van der Waals surface area contributed by atoms with Crippen LogP contribution in [0.25, 0.3) is 0 Å². The number of aryl methyl sites for hydroxylation is 1. The van der Waals surface area contributed by atoms with E-state index in [9.17, 15) is 14.0 Å². The molecule has 0 spiro atoms. The predicted molar refractivity (Wildman–Crippen MR) is 102 cm³/mol. The molecule has 2 amide bonds. The number of fused-ring (bicyclic) bond motifs is 1. The Balaban J connectivity index is 1.48. The van der Waals surface area contributed by atoms with Gasteiger partial charge < -0.3 is 10.2 Å². The van der Waals surface area contributed by atoms with Crippen molar-refractivity contribution in [2.24, 2.45) is 0 Å². The maximum absolute atomic E-state index is 13.2. The standard InChI is InChI=1S/C22H23FN2O2/c1-14-2-10-19(11-5-15-3-8-18(23)9-4-15)25(14)22(27)17-7-6-16-13-21(26)24-20(16)12-17/h3-4,6-9,12,14,19H,2,5,10-11,13H2,1H3,(H,24,26)/t14-,19-/m1/s1. The van der Waals surface area contributed by atoms with Gasteiger partial charge >= 0.3 is 0 Å². The van der Waals surface area contributed by atoms with Gasteiger partial charge in [-0.25, -0.2) is 4.39 Å². The van der Waals surface area contributed by atoms with Crippen LogP contribution >= 0.6 is 0 Å². The number of likely N-dealkylation sites (tertiary alicyclic amines) is 1. The van der Waals surface area contributed by atoms with E-state index in [0.29, 0.717) is 12.0 Å². The van der Waals surface area contributed by atoms with Gasteiger partial charge in [0.2, 0.25) is 5.91 Å². The SMILES string of the molecule is C[C@@H]1CC[C@H](CCc2ccc(F)cc2)N1C(=O)c1ccc2c(c1)NC(=O)C2. The van der Waals surface area contributed by atoms with Crippen molar-refractivity contribution in [1.29, 1.82) is 0 Å². The summed E-state index contributed by atoms with van der Waals surface area (Å²) in [5, 5.41) is 2.82. The smallest absolute Gasteiger partial charge is 0.254 e. The van der Waals surface area contributed by atoms with Crippen molar-refractivity contribution in [3.05, 3.63) is 65.0 Å². The van der Waals surface area contributed by atoms with Gasteiger partial charge in [-0.1, -0.05) is 18.2 Å². The molecule has 4 rings (SSSR count). The minimum Gasteiger partial charge on any atom is -0.333 e. The van der Waals surface area contributed by atoms with E-state index in [0.717, 1.165) is 42.5 Å². The summed E-state index contributed by atoms with van der Waals surface area (Å²) < 4.78 is 13.1. The number of carbonyl (C=O) groups excluding carboxylic acids is 2. The van der Waals surface area contributed by atoms with Crippen LogP contribution in [0.3, 0.4) is 0 Å². The van der Waals surface area contributed by atoms with E-state index in [1.54, 1.807) is 6.07 Å². The maximum Gasteiger partial charge on any atom is 0.254 e. The lowest BCUT2D eigenvalue weighted by Gasteiger charge is -2.29. The van der Waals surface area contributed by atoms with Crippen LogP contribution in [0.1, 0.15) is 47.7 Å².